The zero-order valence-electron chi connectivity index (χ0n) is 20.8. The molecular formula is C28H40N4O2. The number of hydrogen-bond donors (Lipinski definition) is 4. The fraction of sp³-hybridized carbons (Fsp3) is 0.357. The van der Waals surface area contributed by atoms with Crippen molar-refractivity contribution in [3.63, 3.8) is 0 Å². The molecule has 4 N–H and O–H groups in total. The molecule has 0 spiro atoms. The van der Waals surface area contributed by atoms with Crippen molar-refractivity contribution in [3.05, 3.63) is 90.7 Å². The van der Waals surface area contributed by atoms with Crippen molar-refractivity contribution in [2.75, 3.05) is 37.3 Å². The molecule has 0 radical (unpaired) electrons. The number of carbonyl (C=O) groups is 1. The lowest BCUT2D eigenvalue weighted by Gasteiger charge is -2.14. The molecule has 2 rings (SSSR count). The number of nitrogens with zero attached hydrogens (tertiary/aromatic N) is 1. The van der Waals surface area contributed by atoms with Gasteiger partial charge in [-0.1, -0.05) is 68.1 Å². The molecule has 0 aliphatic rings. The van der Waals surface area contributed by atoms with E-state index in [4.69, 9.17) is 5.11 Å². The second-order valence-corrected chi connectivity index (χ2v) is 7.82. The largest absolute Gasteiger partial charge is 0.481 e. The number of allylic oxidation sites excluding steroid dienone is 5. The van der Waals surface area contributed by atoms with Gasteiger partial charge in [0, 0.05) is 32.8 Å². The molecule has 184 valence electrons. The van der Waals surface area contributed by atoms with Gasteiger partial charge < -0.3 is 21.1 Å². The molecule has 0 aliphatic heterocycles. The summed E-state index contributed by atoms with van der Waals surface area (Å²) in [5.41, 5.74) is 3.37. The minimum atomic E-state index is -0.753. The standard InChI is InChI=1S/C21H30N4O2.C7H10/c1-16(18-9-6-17(7-10-18)8-11-20(26)27)15-23-12-4-14-24-19-5-3-13-25-21(19)22-2;1-3-5-7-6-4-2/h3,5-7,9-10,13,16,23-24H,4,8,11-12,14-15H2,1-2H3,(H,22,25)(H,26,27);3-7H,1H2,2H3/b;6-4-,7-5-. The lowest BCUT2D eigenvalue weighted by Crippen LogP contribution is -2.23. The van der Waals surface area contributed by atoms with E-state index in [2.05, 4.69) is 46.6 Å². The number of rotatable bonds is 14. The van der Waals surface area contributed by atoms with Crippen LogP contribution in [0.2, 0.25) is 0 Å². The normalized spacial score (nSPS) is 11.6. The molecule has 2 aromatic rings. The molecule has 0 amide bonds. The summed E-state index contributed by atoms with van der Waals surface area (Å²) in [6.07, 6.45) is 13.1. The third-order valence-corrected chi connectivity index (χ3v) is 5.07. The quantitative estimate of drug-likeness (QED) is 0.214. The lowest BCUT2D eigenvalue weighted by molar-refractivity contribution is -0.136. The van der Waals surface area contributed by atoms with Crippen LogP contribution >= 0.6 is 0 Å². The fourth-order valence-corrected chi connectivity index (χ4v) is 3.14. The van der Waals surface area contributed by atoms with Crippen molar-refractivity contribution < 1.29 is 9.90 Å². The van der Waals surface area contributed by atoms with Gasteiger partial charge in [-0.2, -0.15) is 0 Å². The van der Waals surface area contributed by atoms with Gasteiger partial charge in [-0.3, -0.25) is 4.79 Å². The van der Waals surface area contributed by atoms with E-state index in [9.17, 15) is 4.79 Å². The maximum absolute atomic E-state index is 10.6. The number of nitrogens with one attached hydrogen (secondary N) is 3. The average Bonchev–Trinajstić information content (AvgIpc) is 2.86. The number of aliphatic carboxylic acids is 1. The molecule has 1 unspecified atom stereocenters. The highest BCUT2D eigenvalue weighted by Crippen LogP contribution is 2.17. The molecule has 1 aromatic carbocycles. The van der Waals surface area contributed by atoms with E-state index in [0.29, 0.717) is 12.3 Å². The van der Waals surface area contributed by atoms with Crippen LogP contribution in [0, 0.1) is 0 Å². The number of aryl methyl sites for hydroxylation is 1. The van der Waals surface area contributed by atoms with Crippen LogP contribution in [0.3, 0.4) is 0 Å². The van der Waals surface area contributed by atoms with Gasteiger partial charge in [0.1, 0.15) is 5.82 Å². The van der Waals surface area contributed by atoms with E-state index in [-0.39, 0.29) is 6.42 Å². The van der Waals surface area contributed by atoms with Gasteiger partial charge in [0.05, 0.1) is 5.69 Å². The van der Waals surface area contributed by atoms with E-state index >= 15 is 0 Å². The zero-order valence-corrected chi connectivity index (χ0v) is 20.8. The summed E-state index contributed by atoms with van der Waals surface area (Å²) in [5.74, 6) is 0.531. The van der Waals surface area contributed by atoms with Gasteiger partial charge >= 0.3 is 5.97 Å². The van der Waals surface area contributed by atoms with Gasteiger partial charge in [-0.15, -0.1) is 0 Å². The van der Waals surface area contributed by atoms with Crippen molar-refractivity contribution in [1.82, 2.24) is 10.3 Å². The van der Waals surface area contributed by atoms with E-state index in [1.807, 2.05) is 62.5 Å². The van der Waals surface area contributed by atoms with E-state index in [1.165, 1.54) is 5.56 Å². The van der Waals surface area contributed by atoms with Crippen LogP contribution in [0.15, 0.2) is 79.6 Å². The van der Waals surface area contributed by atoms with E-state index in [1.54, 1.807) is 12.3 Å². The average molecular weight is 465 g/mol. The first-order valence-corrected chi connectivity index (χ1v) is 11.8. The maximum Gasteiger partial charge on any atom is 0.303 e. The minimum Gasteiger partial charge on any atom is -0.481 e. The molecule has 6 heteroatoms. The Morgan fingerprint density at radius 1 is 1.15 bits per heavy atom. The number of carboxylic acids is 1. The number of benzene rings is 1. The Balaban J connectivity index is 0.000000718. The number of aromatic nitrogens is 1. The van der Waals surface area contributed by atoms with Crippen LogP contribution in [-0.4, -0.2) is 42.7 Å². The third kappa shape index (κ3) is 12.6. The summed E-state index contributed by atoms with van der Waals surface area (Å²) in [4.78, 5) is 14.9. The Bertz CT molecular complexity index is 892. The van der Waals surface area contributed by atoms with Crippen LogP contribution in [0.4, 0.5) is 11.5 Å². The number of anilines is 2. The smallest absolute Gasteiger partial charge is 0.303 e. The first-order chi connectivity index (χ1) is 16.5. The Kier molecular flexibility index (Phi) is 15.2. The molecule has 0 saturated carbocycles. The van der Waals surface area contributed by atoms with Crippen molar-refractivity contribution in [3.8, 4) is 0 Å². The number of carboxylic acid groups (broad SMARTS) is 1. The molecule has 0 fully saturated rings. The molecule has 1 heterocycles. The van der Waals surface area contributed by atoms with Crippen LogP contribution in [0.5, 0.6) is 0 Å². The zero-order chi connectivity index (χ0) is 25.0. The summed E-state index contributed by atoms with van der Waals surface area (Å²) in [6, 6.07) is 12.2. The van der Waals surface area contributed by atoms with E-state index < -0.39 is 5.97 Å². The van der Waals surface area contributed by atoms with Gasteiger partial charge in [-0.05, 0) is 55.5 Å². The molecule has 0 aliphatic carbocycles. The van der Waals surface area contributed by atoms with Crippen molar-refractivity contribution in [2.45, 2.75) is 39.0 Å². The molecule has 1 aromatic heterocycles. The molecule has 0 bridgehead atoms. The lowest BCUT2D eigenvalue weighted by atomic mass is 9.98. The second-order valence-electron chi connectivity index (χ2n) is 7.82. The van der Waals surface area contributed by atoms with Gasteiger partial charge in [0.15, 0.2) is 0 Å². The van der Waals surface area contributed by atoms with Crippen molar-refractivity contribution in [2.24, 2.45) is 0 Å². The predicted octanol–water partition coefficient (Wildman–Crippen LogP) is 5.64. The van der Waals surface area contributed by atoms with Crippen LogP contribution in [0.1, 0.15) is 43.7 Å². The Morgan fingerprint density at radius 2 is 1.91 bits per heavy atom. The highest BCUT2D eigenvalue weighted by atomic mass is 16.4. The van der Waals surface area contributed by atoms with E-state index in [0.717, 1.165) is 43.1 Å². The summed E-state index contributed by atoms with van der Waals surface area (Å²) in [7, 11) is 1.87. The van der Waals surface area contributed by atoms with Crippen molar-refractivity contribution >= 4 is 17.5 Å². The Morgan fingerprint density at radius 3 is 2.56 bits per heavy atom. The number of hydrogen-bond acceptors (Lipinski definition) is 5. The first-order valence-electron chi connectivity index (χ1n) is 11.8. The predicted molar refractivity (Wildman–Crippen MR) is 145 cm³/mol. The molecule has 1 atom stereocenters. The monoisotopic (exact) mass is 464 g/mol. The highest BCUT2D eigenvalue weighted by molar-refractivity contribution is 5.67. The van der Waals surface area contributed by atoms with Crippen LogP contribution in [-0.2, 0) is 11.2 Å². The van der Waals surface area contributed by atoms with Crippen molar-refractivity contribution in [1.29, 1.82) is 0 Å². The second kappa shape index (κ2) is 18.1. The fourth-order valence-electron chi connectivity index (χ4n) is 3.14. The maximum atomic E-state index is 10.6. The molecule has 0 saturated heterocycles. The van der Waals surface area contributed by atoms with Gasteiger partial charge in [0.2, 0.25) is 0 Å². The summed E-state index contributed by atoms with van der Waals surface area (Å²) in [6.45, 7) is 10.4. The molecular weight excluding hydrogens is 424 g/mol. The highest BCUT2D eigenvalue weighted by Gasteiger charge is 2.06. The van der Waals surface area contributed by atoms with Gasteiger partial charge in [-0.25, -0.2) is 4.98 Å². The van der Waals surface area contributed by atoms with Crippen LogP contribution in [0.25, 0.3) is 0 Å². The minimum absolute atomic E-state index is 0.180. The Labute approximate surface area is 204 Å². The molecule has 6 nitrogen and oxygen atoms in total. The SMILES string of the molecule is C=C/C=C\C=C/C.CNc1ncccc1NCCCNCC(C)c1ccc(CCC(=O)O)cc1. The van der Waals surface area contributed by atoms with Gasteiger partial charge in [0.25, 0.3) is 0 Å². The summed E-state index contributed by atoms with van der Waals surface area (Å²) < 4.78 is 0. The van der Waals surface area contributed by atoms with Crippen LogP contribution < -0.4 is 16.0 Å². The molecule has 34 heavy (non-hydrogen) atoms. The first kappa shape index (κ1) is 28.7. The summed E-state index contributed by atoms with van der Waals surface area (Å²) in [5, 5.41) is 18.7. The Hall–Kier alpha value is -3.38. The topological polar surface area (TPSA) is 86.3 Å². The summed E-state index contributed by atoms with van der Waals surface area (Å²) >= 11 is 0. The third-order valence-electron chi connectivity index (χ3n) is 5.07. The number of pyridine rings is 1.